The van der Waals surface area contributed by atoms with Gasteiger partial charge in [0.05, 0.1) is 11.3 Å². The molecular formula is C11H12N2OS2. The summed E-state index contributed by atoms with van der Waals surface area (Å²) in [5.41, 5.74) is 1.68. The molecule has 3 nitrogen and oxygen atoms in total. The maximum atomic E-state index is 11.8. The molecule has 0 radical (unpaired) electrons. The third-order valence-electron chi connectivity index (χ3n) is 2.24. The van der Waals surface area contributed by atoms with Crippen LogP contribution in [0.5, 0.6) is 0 Å². The minimum atomic E-state index is -0.0851. The molecule has 0 saturated carbocycles. The van der Waals surface area contributed by atoms with E-state index in [-0.39, 0.29) is 5.91 Å². The number of amides is 1. The van der Waals surface area contributed by atoms with Crippen molar-refractivity contribution in [3.05, 3.63) is 32.5 Å². The first-order valence-electron chi connectivity index (χ1n) is 4.87. The smallest absolute Gasteiger partial charge is 0.258 e. The molecule has 0 aliphatic rings. The molecule has 5 heteroatoms. The Balaban J connectivity index is 2.13. The van der Waals surface area contributed by atoms with Gasteiger partial charge in [-0.25, -0.2) is 4.98 Å². The Kier molecular flexibility index (Phi) is 3.07. The highest BCUT2D eigenvalue weighted by molar-refractivity contribution is 7.15. The van der Waals surface area contributed by atoms with Crippen LogP contribution in [0.1, 0.15) is 25.8 Å². The standard InChI is InChI=1S/C11H12N2OS2/c1-6-4-9(5-15-6)10(14)13-11-12-7(2)8(3)16-11/h4-5H,1-3H3,(H,12,13,14). The lowest BCUT2D eigenvalue weighted by molar-refractivity contribution is 0.102. The summed E-state index contributed by atoms with van der Waals surface area (Å²) in [5.74, 6) is -0.0851. The third kappa shape index (κ3) is 2.31. The Morgan fingerprint density at radius 3 is 2.62 bits per heavy atom. The minimum Gasteiger partial charge on any atom is -0.298 e. The van der Waals surface area contributed by atoms with Crippen molar-refractivity contribution in [3.8, 4) is 0 Å². The van der Waals surface area contributed by atoms with Crippen molar-refractivity contribution in [2.75, 3.05) is 5.32 Å². The fourth-order valence-electron chi connectivity index (χ4n) is 1.26. The van der Waals surface area contributed by atoms with E-state index in [0.29, 0.717) is 10.7 Å². The summed E-state index contributed by atoms with van der Waals surface area (Å²) in [4.78, 5) is 18.4. The number of nitrogens with zero attached hydrogens (tertiary/aromatic N) is 1. The molecular weight excluding hydrogens is 240 g/mol. The van der Waals surface area contributed by atoms with E-state index < -0.39 is 0 Å². The number of hydrogen-bond acceptors (Lipinski definition) is 4. The van der Waals surface area contributed by atoms with Gasteiger partial charge >= 0.3 is 0 Å². The second kappa shape index (κ2) is 4.35. The summed E-state index contributed by atoms with van der Waals surface area (Å²) < 4.78 is 0. The normalized spacial score (nSPS) is 10.4. The van der Waals surface area contributed by atoms with Gasteiger partial charge in [0.25, 0.3) is 5.91 Å². The molecule has 0 saturated heterocycles. The van der Waals surface area contributed by atoms with Gasteiger partial charge in [-0.1, -0.05) is 0 Å². The zero-order valence-corrected chi connectivity index (χ0v) is 11.0. The first kappa shape index (κ1) is 11.3. The predicted molar refractivity (Wildman–Crippen MR) is 68.6 cm³/mol. The van der Waals surface area contributed by atoms with E-state index in [1.165, 1.54) is 11.3 Å². The van der Waals surface area contributed by atoms with Gasteiger partial charge in [0.2, 0.25) is 0 Å². The van der Waals surface area contributed by atoms with Gasteiger partial charge in [-0.2, -0.15) is 0 Å². The van der Waals surface area contributed by atoms with Crippen LogP contribution in [0.25, 0.3) is 0 Å². The molecule has 1 N–H and O–H groups in total. The number of nitrogens with one attached hydrogen (secondary N) is 1. The van der Waals surface area contributed by atoms with Crippen LogP contribution in [0.2, 0.25) is 0 Å². The zero-order chi connectivity index (χ0) is 11.7. The summed E-state index contributed by atoms with van der Waals surface area (Å²) in [6.45, 7) is 5.92. The Bertz CT molecular complexity index is 508. The molecule has 0 aromatic carbocycles. The first-order valence-corrected chi connectivity index (χ1v) is 6.56. The van der Waals surface area contributed by atoms with Crippen molar-refractivity contribution in [2.45, 2.75) is 20.8 Å². The Morgan fingerprint density at radius 1 is 1.38 bits per heavy atom. The minimum absolute atomic E-state index is 0.0851. The van der Waals surface area contributed by atoms with Gasteiger partial charge in [-0.15, -0.1) is 22.7 Å². The monoisotopic (exact) mass is 252 g/mol. The number of rotatable bonds is 2. The second-order valence-electron chi connectivity index (χ2n) is 3.56. The Hall–Kier alpha value is -1.20. The number of carbonyl (C=O) groups excluding carboxylic acids is 1. The summed E-state index contributed by atoms with van der Waals surface area (Å²) in [6, 6.07) is 1.88. The van der Waals surface area contributed by atoms with Gasteiger partial charge in [-0.05, 0) is 26.8 Å². The molecule has 0 spiro atoms. The highest BCUT2D eigenvalue weighted by atomic mass is 32.1. The highest BCUT2D eigenvalue weighted by Gasteiger charge is 2.10. The van der Waals surface area contributed by atoms with Crippen molar-refractivity contribution in [1.82, 2.24) is 4.98 Å². The number of carbonyl (C=O) groups is 1. The second-order valence-corrected chi connectivity index (χ2v) is 5.88. The summed E-state index contributed by atoms with van der Waals surface area (Å²) >= 11 is 3.08. The van der Waals surface area contributed by atoms with E-state index in [2.05, 4.69) is 10.3 Å². The lowest BCUT2D eigenvalue weighted by atomic mass is 10.3. The number of thiophene rings is 1. The third-order valence-corrected chi connectivity index (χ3v) is 4.09. The first-order chi connectivity index (χ1) is 7.56. The maximum Gasteiger partial charge on any atom is 0.258 e. The number of anilines is 1. The molecule has 0 aliphatic carbocycles. The molecule has 0 fully saturated rings. The molecule has 0 aliphatic heterocycles. The van der Waals surface area contributed by atoms with Gasteiger partial charge in [0.1, 0.15) is 0 Å². The maximum absolute atomic E-state index is 11.8. The van der Waals surface area contributed by atoms with Crippen molar-refractivity contribution >= 4 is 33.7 Å². The fourth-order valence-corrected chi connectivity index (χ4v) is 2.75. The molecule has 0 unspecified atom stereocenters. The largest absolute Gasteiger partial charge is 0.298 e. The number of aryl methyl sites for hydroxylation is 3. The topological polar surface area (TPSA) is 42.0 Å². The molecule has 2 aromatic rings. The van der Waals surface area contributed by atoms with Crippen molar-refractivity contribution in [2.24, 2.45) is 0 Å². The lowest BCUT2D eigenvalue weighted by Gasteiger charge is -1.97. The number of hydrogen-bond donors (Lipinski definition) is 1. The lowest BCUT2D eigenvalue weighted by Crippen LogP contribution is -2.10. The molecule has 1 amide bonds. The summed E-state index contributed by atoms with van der Waals surface area (Å²) in [7, 11) is 0. The summed E-state index contributed by atoms with van der Waals surface area (Å²) in [5, 5.41) is 5.34. The van der Waals surface area contributed by atoms with Crippen molar-refractivity contribution in [3.63, 3.8) is 0 Å². The van der Waals surface area contributed by atoms with Crippen LogP contribution in [0.15, 0.2) is 11.4 Å². The van der Waals surface area contributed by atoms with E-state index in [1.807, 2.05) is 32.2 Å². The average Bonchev–Trinajstić information content (AvgIpc) is 2.75. The number of thiazole rings is 1. The van der Waals surface area contributed by atoms with E-state index in [4.69, 9.17) is 0 Å². The van der Waals surface area contributed by atoms with Crippen LogP contribution in [0, 0.1) is 20.8 Å². The van der Waals surface area contributed by atoms with E-state index in [1.54, 1.807) is 11.3 Å². The van der Waals surface area contributed by atoms with E-state index in [0.717, 1.165) is 15.4 Å². The van der Waals surface area contributed by atoms with Gasteiger partial charge in [0.15, 0.2) is 5.13 Å². The molecule has 2 rings (SSSR count). The van der Waals surface area contributed by atoms with Gasteiger partial charge < -0.3 is 0 Å². The van der Waals surface area contributed by atoms with Crippen LogP contribution in [-0.2, 0) is 0 Å². The molecule has 2 aromatic heterocycles. The quantitative estimate of drug-likeness (QED) is 0.890. The van der Waals surface area contributed by atoms with Crippen LogP contribution in [-0.4, -0.2) is 10.9 Å². The molecule has 0 bridgehead atoms. The molecule has 84 valence electrons. The zero-order valence-electron chi connectivity index (χ0n) is 9.33. The fraction of sp³-hybridized carbons (Fsp3) is 0.273. The highest BCUT2D eigenvalue weighted by Crippen LogP contribution is 2.22. The predicted octanol–water partition coefficient (Wildman–Crippen LogP) is 3.38. The van der Waals surface area contributed by atoms with E-state index in [9.17, 15) is 4.79 Å². The van der Waals surface area contributed by atoms with Gasteiger partial charge in [-0.3, -0.25) is 10.1 Å². The van der Waals surface area contributed by atoms with E-state index >= 15 is 0 Å². The Morgan fingerprint density at radius 2 is 2.12 bits per heavy atom. The van der Waals surface area contributed by atoms with Crippen LogP contribution in [0.4, 0.5) is 5.13 Å². The van der Waals surface area contributed by atoms with Crippen molar-refractivity contribution in [1.29, 1.82) is 0 Å². The van der Waals surface area contributed by atoms with Crippen LogP contribution in [0.3, 0.4) is 0 Å². The number of aromatic nitrogens is 1. The molecule has 0 atom stereocenters. The van der Waals surface area contributed by atoms with Gasteiger partial charge in [0, 0.05) is 15.1 Å². The molecule has 16 heavy (non-hydrogen) atoms. The van der Waals surface area contributed by atoms with Crippen LogP contribution >= 0.6 is 22.7 Å². The van der Waals surface area contributed by atoms with Crippen molar-refractivity contribution < 1.29 is 4.79 Å². The average molecular weight is 252 g/mol. The van der Waals surface area contributed by atoms with Crippen LogP contribution < -0.4 is 5.32 Å². The SMILES string of the molecule is Cc1cc(C(=O)Nc2nc(C)c(C)s2)cs1. The molecule has 2 heterocycles. The summed E-state index contributed by atoms with van der Waals surface area (Å²) in [6.07, 6.45) is 0. The Labute approximate surface area is 102 Å².